The molecule has 6 aliphatic heterocycles. The van der Waals surface area contributed by atoms with Crippen molar-refractivity contribution in [1.29, 1.82) is 0 Å². The predicted molar refractivity (Wildman–Crippen MR) is 160 cm³/mol. The Morgan fingerprint density at radius 1 is 0.596 bits per heavy atom. The van der Waals surface area contributed by atoms with Crippen molar-refractivity contribution in [3.05, 3.63) is 0 Å². The minimum Gasteiger partial charge on any atom is -0.348 e. The van der Waals surface area contributed by atoms with Gasteiger partial charge in [-0.3, -0.25) is 13.7 Å². The van der Waals surface area contributed by atoms with Gasteiger partial charge in [0.05, 0.1) is 26.4 Å². The molecule has 0 N–H and O–H groups in total. The molecule has 272 valence electrons. The van der Waals surface area contributed by atoms with Gasteiger partial charge in [-0.2, -0.15) is 0 Å². The molecule has 0 aromatic heterocycles. The summed E-state index contributed by atoms with van der Waals surface area (Å²) in [6.45, 7) is 17.5. The van der Waals surface area contributed by atoms with E-state index in [1.165, 1.54) is 0 Å². The quantitative estimate of drug-likeness (QED) is 0.264. The average molecular weight is 717 g/mol. The second-order valence-electron chi connectivity index (χ2n) is 14.2. The zero-order chi connectivity index (χ0) is 34.2. The Morgan fingerprint density at radius 2 is 1.15 bits per heavy atom. The van der Waals surface area contributed by atoms with E-state index in [1.807, 2.05) is 0 Å². The summed E-state index contributed by atoms with van der Waals surface area (Å²) in [6, 6.07) is 0. The number of ether oxygens (including phenoxy) is 10. The molecule has 0 radical (unpaired) electrons. The van der Waals surface area contributed by atoms with Gasteiger partial charge in [0.25, 0.3) is 0 Å². The summed E-state index contributed by atoms with van der Waals surface area (Å²) in [5.74, 6) is -4.35. The summed E-state index contributed by atoms with van der Waals surface area (Å²) < 4.78 is 113. The smallest absolute Gasteiger partial charge is 0.345 e. The highest BCUT2D eigenvalue weighted by atomic mass is 31.2. The lowest BCUT2D eigenvalue weighted by Crippen LogP contribution is -2.56. The van der Waals surface area contributed by atoms with Crippen molar-refractivity contribution in [3.8, 4) is 0 Å². The molecule has 0 spiro atoms. The molecule has 6 saturated heterocycles. The molecule has 0 aromatic rings. The van der Waals surface area contributed by atoms with Crippen LogP contribution in [0.15, 0.2) is 0 Å². The van der Waals surface area contributed by atoms with Gasteiger partial charge in [0.2, 0.25) is 0 Å². The molecular formula is C29H50O16P2. The van der Waals surface area contributed by atoms with Crippen LogP contribution in [0, 0.1) is 0 Å². The number of rotatable bonds is 12. The van der Waals surface area contributed by atoms with E-state index in [0.29, 0.717) is 0 Å². The van der Waals surface area contributed by atoms with Crippen LogP contribution in [0.5, 0.6) is 0 Å². The van der Waals surface area contributed by atoms with Crippen molar-refractivity contribution >= 4 is 15.2 Å². The Kier molecular flexibility index (Phi) is 10.0. The Morgan fingerprint density at radius 3 is 1.77 bits per heavy atom. The molecule has 47 heavy (non-hydrogen) atoms. The first kappa shape index (κ1) is 36.7. The highest BCUT2D eigenvalue weighted by Crippen LogP contribution is 2.65. The molecule has 6 rings (SSSR count). The van der Waals surface area contributed by atoms with E-state index in [2.05, 4.69) is 0 Å². The fourth-order valence-corrected chi connectivity index (χ4v) is 11.6. The van der Waals surface area contributed by atoms with Crippen LogP contribution >= 0.6 is 15.2 Å². The standard InChI is InChI=1S/C29H50O16P2/c1-11-33-46(30,35-14-16-19-21(41-27(5,6)39-19)22-24(36-16)44-29(9,10)42-22)15-47(31,34-12-2)45-25-23-20(40-28(7,8)43-23)18(37-25)17-13-32-26(3,4)38-17/h16-25H,11-15H2,1-10H3/t16-,17+,18-,19+,20+,21+,22-,23+,24-,25+,46?,47?/m1/s1. The molecule has 0 amide bonds. The van der Waals surface area contributed by atoms with Gasteiger partial charge in [-0.15, -0.1) is 0 Å². The summed E-state index contributed by atoms with van der Waals surface area (Å²) in [6.07, 6.45) is -7.06. The molecule has 16 nitrogen and oxygen atoms in total. The van der Waals surface area contributed by atoms with Crippen molar-refractivity contribution in [2.75, 3.05) is 32.3 Å². The van der Waals surface area contributed by atoms with Gasteiger partial charge in [-0.05, 0) is 69.2 Å². The molecule has 0 aliphatic carbocycles. The Labute approximate surface area is 275 Å². The summed E-state index contributed by atoms with van der Waals surface area (Å²) in [4.78, 5) is 0. The van der Waals surface area contributed by atoms with Gasteiger partial charge in [-0.1, -0.05) is 0 Å². The van der Waals surface area contributed by atoms with Gasteiger partial charge in [-0.25, -0.2) is 0 Å². The number of hydrogen-bond acceptors (Lipinski definition) is 16. The summed E-state index contributed by atoms with van der Waals surface area (Å²) in [7, 11) is -8.39. The molecule has 6 aliphatic rings. The van der Waals surface area contributed by atoms with Crippen molar-refractivity contribution in [2.24, 2.45) is 0 Å². The van der Waals surface area contributed by atoms with E-state index in [-0.39, 0.29) is 26.4 Å². The van der Waals surface area contributed by atoms with Crippen LogP contribution in [0.25, 0.3) is 0 Å². The van der Waals surface area contributed by atoms with Gasteiger partial charge in [0.15, 0.2) is 41.6 Å². The van der Waals surface area contributed by atoms with E-state index in [9.17, 15) is 9.13 Å². The number of hydrogen-bond donors (Lipinski definition) is 0. The zero-order valence-corrected chi connectivity index (χ0v) is 30.5. The lowest BCUT2D eigenvalue weighted by atomic mass is 9.99. The third kappa shape index (κ3) is 7.89. The van der Waals surface area contributed by atoms with Gasteiger partial charge < -0.3 is 60.9 Å². The first-order chi connectivity index (χ1) is 21.7. The van der Waals surface area contributed by atoms with Crippen molar-refractivity contribution in [3.63, 3.8) is 0 Å². The molecule has 12 atom stereocenters. The van der Waals surface area contributed by atoms with E-state index in [1.54, 1.807) is 69.2 Å². The second-order valence-corrected chi connectivity index (χ2v) is 18.8. The first-order valence-electron chi connectivity index (χ1n) is 16.2. The lowest BCUT2D eigenvalue weighted by molar-refractivity contribution is -0.238. The highest BCUT2D eigenvalue weighted by Gasteiger charge is 2.63. The molecule has 0 bridgehead atoms. The highest BCUT2D eigenvalue weighted by molar-refractivity contribution is 7.71. The molecule has 2 unspecified atom stereocenters. The van der Waals surface area contributed by atoms with Crippen molar-refractivity contribution < 1.29 is 74.6 Å². The van der Waals surface area contributed by atoms with Crippen molar-refractivity contribution in [1.82, 2.24) is 0 Å². The molecule has 18 heteroatoms. The van der Waals surface area contributed by atoms with Crippen LogP contribution in [-0.4, -0.2) is 117 Å². The molecular weight excluding hydrogens is 666 g/mol. The Hall–Kier alpha value is -0.100. The molecule has 0 aromatic carbocycles. The maximum atomic E-state index is 14.4. The lowest BCUT2D eigenvalue weighted by Gasteiger charge is -2.37. The molecule has 6 fully saturated rings. The summed E-state index contributed by atoms with van der Waals surface area (Å²) in [5, 5.41) is 0. The molecule has 6 heterocycles. The minimum atomic E-state index is -4.23. The van der Waals surface area contributed by atoms with Crippen LogP contribution in [-0.2, 0) is 74.6 Å². The summed E-state index contributed by atoms with van der Waals surface area (Å²) in [5.41, 5.74) is 0. The third-order valence-corrected chi connectivity index (χ3v) is 13.5. The van der Waals surface area contributed by atoms with Gasteiger partial charge in [0, 0.05) is 0 Å². The topological polar surface area (TPSA) is 163 Å². The maximum absolute atomic E-state index is 14.4. The average Bonchev–Trinajstić information content (AvgIpc) is 3.69. The van der Waals surface area contributed by atoms with Crippen molar-refractivity contribution in [2.45, 2.75) is 154 Å². The van der Waals surface area contributed by atoms with E-state index < -0.39 is 106 Å². The second kappa shape index (κ2) is 12.8. The van der Waals surface area contributed by atoms with Crippen LogP contribution in [0.3, 0.4) is 0 Å². The van der Waals surface area contributed by atoms with Crippen LogP contribution in [0.2, 0.25) is 0 Å². The largest absolute Gasteiger partial charge is 0.348 e. The summed E-state index contributed by atoms with van der Waals surface area (Å²) >= 11 is 0. The fourth-order valence-electron chi connectivity index (χ4n) is 6.85. The number of fused-ring (bicyclic) bond motifs is 4. The Bertz CT molecular complexity index is 1240. The van der Waals surface area contributed by atoms with E-state index >= 15 is 0 Å². The van der Waals surface area contributed by atoms with Crippen LogP contribution in [0.4, 0.5) is 0 Å². The van der Waals surface area contributed by atoms with E-state index in [4.69, 9.17) is 65.5 Å². The van der Waals surface area contributed by atoms with E-state index in [0.717, 1.165) is 0 Å². The predicted octanol–water partition coefficient (Wildman–Crippen LogP) is 4.23. The van der Waals surface area contributed by atoms with Crippen LogP contribution in [0.1, 0.15) is 69.2 Å². The SMILES string of the molecule is CCOP(=O)(CP(=O)(OCC)O[C@@H]1O[C@H]([C@@H]2COC(C)(C)O2)[C@@H]2OC(C)(C)O[C@H]12)OC[C@H]1O[C@@H]2OC(C)(C)O[C@@H]2[C@H]2OC(C)(C)O[C@H]21. The first-order valence-corrected chi connectivity index (χ1v) is 19.7. The Balaban J connectivity index is 1.17. The maximum Gasteiger partial charge on any atom is 0.345 e. The zero-order valence-electron chi connectivity index (χ0n) is 28.7. The molecule has 0 saturated carbocycles. The van der Waals surface area contributed by atoms with Crippen LogP contribution < -0.4 is 0 Å². The van der Waals surface area contributed by atoms with Gasteiger partial charge >= 0.3 is 15.2 Å². The third-order valence-electron chi connectivity index (χ3n) is 8.39. The monoisotopic (exact) mass is 716 g/mol. The minimum absolute atomic E-state index is 0.00386. The normalized spacial score (nSPS) is 43.6. The van der Waals surface area contributed by atoms with Gasteiger partial charge in [0.1, 0.15) is 48.8 Å². The fraction of sp³-hybridized carbons (Fsp3) is 1.00.